The summed E-state index contributed by atoms with van der Waals surface area (Å²) < 4.78 is 14.0. The van der Waals surface area contributed by atoms with E-state index in [4.69, 9.17) is 9.47 Å². The van der Waals surface area contributed by atoms with Crippen LogP contribution in [0.4, 0.5) is 5.69 Å². The molecule has 9 heteroatoms. The Hall–Kier alpha value is -1.55. The lowest BCUT2D eigenvalue weighted by Crippen LogP contribution is -2.26. The minimum absolute atomic E-state index is 0.0981. The molecule has 2 aliphatic rings. The van der Waals surface area contributed by atoms with E-state index >= 15 is 0 Å². The van der Waals surface area contributed by atoms with E-state index in [1.165, 1.54) is 4.68 Å². The number of nitrogens with one attached hydrogen (secondary N) is 1. The van der Waals surface area contributed by atoms with Gasteiger partial charge < -0.3 is 14.8 Å². The van der Waals surface area contributed by atoms with Crippen LogP contribution in [0.5, 0.6) is 0 Å². The second-order valence-electron chi connectivity index (χ2n) is 8.23. The molecule has 6 atom stereocenters. The lowest BCUT2D eigenvalue weighted by molar-refractivity contribution is -0.116. The van der Waals surface area contributed by atoms with Gasteiger partial charge in [-0.3, -0.25) is 4.79 Å². The lowest BCUT2D eigenvalue weighted by Gasteiger charge is -2.19. The molecule has 1 aromatic heterocycles. The third kappa shape index (κ3) is 6.07. The summed E-state index contributed by atoms with van der Waals surface area (Å²) in [5.74, 6) is -0.144. The van der Waals surface area contributed by atoms with Crippen molar-refractivity contribution in [2.24, 2.45) is 0 Å². The first-order valence-corrected chi connectivity index (χ1v) is 12.9. The highest BCUT2D eigenvalue weighted by molar-refractivity contribution is 9.09. The first kappa shape index (κ1) is 23.6. The van der Waals surface area contributed by atoms with Crippen LogP contribution < -0.4 is 5.32 Å². The summed E-state index contributed by atoms with van der Waals surface area (Å²) in [5.41, 5.74) is 1.47. The number of alkyl halides is 2. The van der Waals surface area contributed by atoms with Gasteiger partial charge in [-0.05, 0) is 43.9 Å². The Balaban J connectivity index is 1.24. The minimum atomic E-state index is -0.144. The highest BCUT2D eigenvalue weighted by atomic mass is 79.9. The molecule has 1 aromatic carbocycles. The number of benzene rings is 1. The maximum Gasteiger partial charge on any atom is 0.246 e. The van der Waals surface area contributed by atoms with Crippen molar-refractivity contribution in [2.75, 3.05) is 5.32 Å². The monoisotopic (exact) mass is 566 g/mol. The predicted octanol–water partition coefficient (Wildman–Crippen LogP) is 4.57. The van der Waals surface area contributed by atoms with E-state index in [9.17, 15) is 4.79 Å². The van der Waals surface area contributed by atoms with E-state index < -0.39 is 0 Å². The van der Waals surface area contributed by atoms with Gasteiger partial charge in [-0.1, -0.05) is 68.3 Å². The summed E-state index contributed by atoms with van der Waals surface area (Å²) in [6.45, 7) is 2.27. The smallest absolute Gasteiger partial charge is 0.246 e. The molecule has 7 nitrogen and oxygen atoms in total. The first-order chi connectivity index (χ1) is 15.5. The summed E-state index contributed by atoms with van der Waals surface area (Å²) in [4.78, 5) is 12.9. The van der Waals surface area contributed by atoms with E-state index in [1.807, 2.05) is 36.4 Å². The SMILES string of the molecule is CC[C@H]1O[C@@H]([C@@H]2C[C@@H](Br)[C@H](C/C=C/c3cn(CC(=O)Nc4ccccc4)nn3)O2)C[C@@H]1Br. The number of anilines is 1. The fourth-order valence-corrected chi connectivity index (χ4v) is 5.75. The second kappa shape index (κ2) is 11.0. The Bertz CT molecular complexity index is 923. The number of nitrogens with zero attached hydrogens (tertiary/aromatic N) is 3. The van der Waals surface area contributed by atoms with Gasteiger partial charge in [0.2, 0.25) is 5.91 Å². The first-order valence-electron chi connectivity index (χ1n) is 11.0. The molecule has 3 heterocycles. The number of para-hydroxylation sites is 1. The molecule has 0 spiro atoms. The maximum atomic E-state index is 12.2. The van der Waals surface area contributed by atoms with Crippen LogP contribution in [0.25, 0.3) is 6.08 Å². The minimum Gasteiger partial charge on any atom is -0.371 e. The molecule has 2 saturated heterocycles. The summed E-state index contributed by atoms with van der Waals surface area (Å²) in [6, 6.07) is 9.35. The molecule has 2 fully saturated rings. The highest BCUT2D eigenvalue weighted by Crippen LogP contribution is 2.38. The van der Waals surface area contributed by atoms with Gasteiger partial charge in [-0.25, -0.2) is 4.68 Å². The van der Waals surface area contributed by atoms with Crippen LogP contribution in [0.2, 0.25) is 0 Å². The van der Waals surface area contributed by atoms with Crippen LogP contribution in [-0.4, -0.2) is 55.0 Å². The van der Waals surface area contributed by atoms with E-state index in [1.54, 1.807) is 6.20 Å². The number of halogens is 2. The molecular formula is C23H28Br2N4O3. The third-order valence-corrected chi connectivity index (χ3v) is 7.74. The van der Waals surface area contributed by atoms with Crippen molar-refractivity contribution in [1.29, 1.82) is 0 Å². The third-order valence-electron chi connectivity index (χ3n) is 5.81. The molecule has 32 heavy (non-hydrogen) atoms. The quantitative estimate of drug-likeness (QED) is 0.473. The summed E-state index contributed by atoms with van der Waals surface area (Å²) in [6.07, 6.45) is 10.1. The Morgan fingerprint density at radius 3 is 2.53 bits per heavy atom. The summed E-state index contributed by atoms with van der Waals surface area (Å²) >= 11 is 7.52. The molecule has 2 aromatic rings. The van der Waals surface area contributed by atoms with Crippen LogP contribution in [0.15, 0.2) is 42.6 Å². The molecule has 0 saturated carbocycles. The largest absolute Gasteiger partial charge is 0.371 e. The number of carbonyl (C=O) groups is 1. The molecule has 0 aliphatic carbocycles. The van der Waals surface area contributed by atoms with Gasteiger partial charge in [-0.15, -0.1) is 5.10 Å². The zero-order valence-electron chi connectivity index (χ0n) is 17.9. The van der Waals surface area contributed by atoms with Crippen molar-refractivity contribution in [3.8, 4) is 0 Å². The van der Waals surface area contributed by atoms with Crippen molar-refractivity contribution >= 4 is 49.5 Å². The van der Waals surface area contributed by atoms with Crippen molar-refractivity contribution in [3.05, 3.63) is 48.3 Å². The highest BCUT2D eigenvalue weighted by Gasteiger charge is 2.43. The molecule has 0 bridgehead atoms. The lowest BCUT2D eigenvalue weighted by atomic mass is 10.1. The van der Waals surface area contributed by atoms with Crippen LogP contribution in [0, 0.1) is 0 Å². The number of aromatic nitrogens is 3. The van der Waals surface area contributed by atoms with Gasteiger partial charge in [-0.2, -0.15) is 0 Å². The Kier molecular flexibility index (Phi) is 8.15. The van der Waals surface area contributed by atoms with E-state index in [0.717, 1.165) is 31.4 Å². The van der Waals surface area contributed by atoms with Crippen molar-refractivity contribution in [2.45, 2.75) is 73.2 Å². The topological polar surface area (TPSA) is 78.3 Å². The standard InChI is InChI=1S/C23H28Br2N4O3/c1-2-19-17(24)11-21(31-19)22-12-18(25)20(32-22)10-6-9-16-13-29(28-27-16)14-23(30)26-15-7-4-3-5-8-15/h3-9,13,17-22H,2,10-12,14H2,1H3,(H,26,30)/b9-6+/t17-,18+,19+,20-,21+,22-/m0/s1. The molecule has 2 aliphatic heterocycles. The molecule has 1 amide bonds. The Labute approximate surface area is 205 Å². The predicted molar refractivity (Wildman–Crippen MR) is 131 cm³/mol. The van der Waals surface area contributed by atoms with E-state index in [-0.39, 0.29) is 36.9 Å². The van der Waals surface area contributed by atoms with Gasteiger partial charge in [0.25, 0.3) is 0 Å². The number of amides is 1. The molecule has 0 unspecified atom stereocenters. The fourth-order valence-electron chi connectivity index (χ4n) is 4.17. The normalized spacial score (nSPS) is 30.2. The van der Waals surface area contributed by atoms with Gasteiger partial charge >= 0.3 is 0 Å². The number of hydrogen-bond acceptors (Lipinski definition) is 5. The zero-order chi connectivity index (χ0) is 22.5. The van der Waals surface area contributed by atoms with Gasteiger partial charge in [0.05, 0.1) is 30.6 Å². The summed E-state index contributed by atoms with van der Waals surface area (Å²) in [5, 5.41) is 11.0. The second-order valence-corrected chi connectivity index (χ2v) is 10.6. The fraction of sp³-hybridized carbons (Fsp3) is 0.522. The van der Waals surface area contributed by atoms with Crippen LogP contribution in [0.1, 0.15) is 38.3 Å². The average Bonchev–Trinajstić information content (AvgIpc) is 3.48. The Morgan fingerprint density at radius 1 is 1.16 bits per heavy atom. The number of hydrogen-bond donors (Lipinski definition) is 1. The molecular weight excluding hydrogens is 540 g/mol. The molecule has 1 N–H and O–H groups in total. The van der Waals surface area contributed by atoms with Crippen molar-refractivity contribution < 1.29 is 14.3 Å². The maximum absolute atomic E-state index is 12.2. The number of ether oxygens (including phenoxy) is 2. The molecule has 0 radical (unpaired) electrons. The van der Waals surface area contributed by atoms with Crippen LogP contribution in [0.3, 0.4) is 0 Å². The number of rotatable bonds is 8. The van der Waals surface area contributed by atoms with E-state index in [2.05, 4.69) is 60.5 Å². The van der Waals surface area contributed by atoms with Crippen molar-refractivity contribution in [3.63, 3.8) is 0 Å². The van der Waals surface area contributed by atoms with Gasteiger partial charge in [0, 0.05) is 15.3 Å². The molecule has 172 valence electrons. The van der Waals surface area contributed by atoms with Crippen LogP contribution >= 0.6 is 31.9 Å². The average molecular weight is 568 g/mol. The van der Waals surface area contributed by atoms with Crippen LogP contribution in [-0.2, 0) is 20.8 Å². The zero-order valence-corrected chi connectivity index (χ0v) is 21.1. The van der Waals surface area contributed by atoms with Gasteiger partial charge in [0.1, 0.15) is 12.2 Å². The number of carbonyl (C=O) groups excluding carboxylic acids is 1. The molecule has 4 rings (SSSR count). The van der Waals surface area contributed by atoms with E-state index in [0.29, 0.717) is 15.3 Å². The Morgan fingerprint density at radius 2 is 1.84 bits per heavy atom. The van der Waals surface area contributed by atoms with Gasteiger partial charge in [0.15, 0.2) is 0 Å². The summed E-state index contributed by atoms with van der Waals surface area (Å²) in [7, 11) is 0. The van der Waals surface area contributed by atoms with Crippen molar-refractivity contribution in [1.82, 2.24) is 15.0 Å².